The van der Waals surface area contributed by atoms with Crippen molar-refractivity contribution in [3.05, 3.63) is 29.8 Å². The van der Waals surface area contributed by atoms with Crippen molar-refractivity contribution in [2.45, 2.75) is 45.6 Å². The van der Waals surface area contributed by atoms with Gasteiger partial charge in [0, 0.05) is 19.1 Å². The summed E-state index contributed by atoms with van der Waals surface area (Å²) in [5, 5.41) is 0. The molecule has 1 aromatic carbocycles. The summed E-state index contributed by atoms with van der Waals surface area (Å²) < 4.78 is 5.75. The van der Waals surface area contributed by atoms with Crippen LogP contribution in [0.1, 0.15) is 51.1 Å². The Hall–Kier alpha value is -1.06. The van der Waals surface area contributed by atoms with Crippen molar-refractivity contribution < 1.29 is 4.74 Å². The van der Waals surface area contributed by atoms with Crippen LogP contribution in [0.3, 0.4) is 0 Å². The first kappa shape index (κ1) is 16.3. The predicted molar refractivity (Wildman–Crippen MR) is 88.6 cm³/mol. The van der Waals surface area contributed by atoms with E-state index in [1.807, 2.05) is 6.07 Å². The fourth-order valence-electron chi connectivity index (χ4n) is 3.32. The molecule has 0 aliphatic carbocycles. The third kappa shape index (κ3) is 4.45. The lowest BCUT2D eigenvalue weighted by molar-refractivity contribution is 0.238. The molecule has 2 N–H and O–H groups in total. The highest BCUT2D eigenvalue weighted by Crippen LogP contribution is 2.30. The van der Waals surface area contributed by atoms with E-state index in [4.69, 9.17) is 10.5 Å². The molecule has 1 fully saturated rings. The SMILES string of the molecule is CCCOc1cccc(C(CN)N2CCC(CCC)C2)c1. The molecule has 0 bridgehead atoms. The summed E-state index contributed by atoms with van der Waals surface area (Å²) in [5.41, 5.74) is 7.37. The standard InChI is InChI=1S/C18H30N2O/c1-3-6-15-9-10-20(14-15)18(13-19)16-7-5-8-17(12-16)21-11-4-2/h5,7-8,12,15,18H,3-4,6,9-11,13-14,19H2,1-2H3. The molecule has 1 heterocycles. The molecule has 2 unspecified atom stereocenters. The Morgan fingerprint density at radius 2 is 2.19 bits per heavy atom. The minimum absolute atomic E-state index is 0.331. The minimum Gasteiger partial charge on any atom is -0.494 e. The van der Waals surface area contributed by atoms with Gasteiger partial charge in [-0.15, -0.1) is 0 Å². The van der Waals surface area contributed by atoms with E-state index in [1.165, 1.54) is 37.9 Å². The van der Waals surface area contributed by atoms with Gasteiger partial charge in [-0.3, -0.25) is 4.90 Å². The topological polar surface area (TPSA) is 38.5 Å². The Labute approximate surface area is 129 Å². The normalized spacial score (nSPS) is 20.6. The van der Waals surface area contributed by atoms with E-state index in [0.29, 0.717) is 12.6 Å². The average Bonchev–Trinajstić information content (AvgIpc) is 2.95. The van der Waals surface area contributed by atoms with Gasteiger partial charge in [0.2, 0.25) is 0 Å². The van der Waals surface area contributed by atoms with Crippen molar-refractivity contribution in [3.63, 3.8) is 0 Å². The van der Waals surface area contributed by atoms with Gasteiger partial charge in [0.15, 0.2) is 0 Å². The summed E-state index contributed by atoms with van der Waals surface area (Å²) in [6.07, 6.45) is 4.98. The Balaban J connectivity index is 2.03. The van der Waals surface area contributed by atoms with Crippen LogP contribution in [0.5, 0.6) is 5.75 Å². The molecule has 0 amide bonds. The highest BCUT2D eigenvalue weighted by molar-refractivity contribution is 5.31. The Bertz CT molecular complexity index is 421. The molecule has 0 radical (unpaired) electrons. The van der Waals surface area contributed by atoms with Crippen LogP contribution >= 0.6 is 0 Å². The van der Waals surface area contributed by atoms with Crippen molar-refractivity contribution in [3.8, 4) is 5.75 Å². The van der Waals surface area contributed by atoms with Crippen molar-refractivity contribution >= 4 is 0 Å². The number of likely N-dealkylation sites (tertiary alicyclic amines) is 1. The summed E-state index contributed by atoms with van der Waals surface area (Å²) in [4.78, 5) is 2.55. The second kappa shape index (κ2) is 8.40. The molecule has 2 rings (SSSR count). The van der Waals surface area contributed by atoms with Crippen LogP contribution in [0.2, 0.25) is 0 Å². The van der Waals surface area contributed by atoms with E-state index in [9.17, 15) is 0 Å². The molecule has 118 valence electrons. The first-order valence-corrected chi connectivity index (χ1v) is 8.45. The zero-order valence-corrected chi connectivity index (χ0v) is 13.6. The van der Waals surface area contributed by atoms with Crippen LogP contribution in [-0.4, -0.2) is 31.1 Å². The summed E-state index contributed by atoms with van der Waals surface area (Å²) >= 11 is 0. The number of benzene rings is 1. The van der Waals surface area contributed by atoms with E-state index < -0.39 is 0 Å². The van der Waals surface area contributed by atoms with Crippen LogP contribution < -0.4 is 10.5 Å². The van der Waals surface area contributed by atoms with Crippen LogP contribution in [0, 0.1) is 5.92 Å². The van der Waals surface area contributed by atoms with Crippen molar-refractivity contribution in [2.24, 2.45) is 11.7 Å². The number of hydrogen-bond donors (Lipinski definition) is 1. The van der Waals surface area contributed by atoms with Crippen LogP contribution in [0.25, 0.3) is 0 Å². The molecule has 1 saturated heterocycles. The largest absolute Gasteiger partial charge is 0.494 e. The number of nitrogens with two attached hydrogens (primary N) is 1. The molecule has 1 aliphatic heterocycles. The summed E-state index contributed by atoms with van der Waals surface area (Å²) in [6.45, 7) is 8.22. The molecule has 2 atom stereocenters. The molecule has 21 heavy (non-hydrogen) atoms. The maximum atomic E-state index is 6.07. The number of hydrogen-bond acceptors (Lipinski definition) is 3. The molecule has 1 aliphatic rings. The monoisotopic (exact) mass is 290 g/mol. The van der Waals surface area contributed by atoms with Gasteiger partial charge >= 0.3 is 0 Å². The van der Waals surface area contributed by atoms with Gasteiger partial charge in [-0.25, -0.2) is 0 Å². The highest BCUT2D eigenvalue weighted by Gasteiger charge is 2.28. The molecule has 0 saturated carbocycles. The van der Waals surface area contributed by atoms with E-state index in [0.717, 1.165) is 24.7 Å². The molecule has 3 heteroatoms. The zero-order chi connectivity index (χ0) is 15.1. The van der Waals surface area contributed by atoms with Crippen molar-refractivity contribution in [1.82, 2.24) is 4.90 Å². The van der Waals surface area contributed by atoms with Gasteiger partial charge in [0.25, 0.3) is 0 Å². The lowest BCUT2D eigenvalue weighted by Gasteiger charge is -2.27. The van der Waals surface area contributed by atoms with Gasteiger partial charge in [-0.1, -0.05) is 32.4 Å². The van der Waals surface area contributed by atoms with E-state index in [-0.39, 0.29) is 0 Å². The number of rotatable bonds is 8. The summed E-state index contributed by atoms with van der Waals surface area (Å²) in [7, 11) is 0. The summed E-state index contributed by atoms with van der Waals surface area (Å²) in [6, 6.07) is 8.81. The van der Waals surface area contributed by atoms with Gasteiger partial charge < -0.3 is 10.5 Å². The number of nitrogens with zero attached hydrogens (tertiary/aromatic N) is 1. The zero-order valence-electron chi connectivity index (χ0n) is 13.6. The van der Waals surface area contributed by atoms with E-state index in [1.54, 1.807) is 0 Å². The average molecular weight is 290 g/mol. The Kier molecular flexibility index (Phi) is 6.52. The maximum absolute atomic E-state index is 6.07. The minimum atomic E-state index is 0.331. The molecule has 0 spiro atoms. The fraction of sp³-hybridized carbons (Fsp3) is 0.667. The van der Waals surface area contributed by atoms with Gasteiger partial charge in [0.1, 0.15) is 5.75 Å². The van der Waals surface area contributed by atoms with Gasteiger partial charge in [-0.05, 0) is 49.4 Å². The maximum Gasteiger partial charge on any atom is 0.119 e. The Morgan fingerprint density at radius 3 is 2.90 bits per heavy atom. The quantitative estimate of drug-likeness (QED) is 0.795. The van der Waals surface area contributed by atoms with Crippen molar-refractivity contribution in [1.29, 1.82) is 0 Å². The van der Waals surface area contributed by atoms with Crippen LogP contribution in [0.15, 0.2) is 24.3 Å². The fourth-order valence-corrected chi connectivity index (χ4v) is 3.32. The Morgan fingerprint density at radius 1 is 1.33 bits per heavy atom. The number of ether oxygens (including phenoxy) is 1. The lowest BCUT2D eigenvalue weighted by Crippen LogP contribution is -2.32. The summed E-state index contributed by atoms with van der Waals surface area (Å²) in [5.74, 6) is 1.82. The van der Waals surface area contributed by atoms with Gasteiger partial charge in [-0.2, -0.15) is 0 Å². The highest BCUT2D eigenvalue weighted by atomic mass is 16.5. The van der Waals surface area contributed by atoms with Crippen molar-refractivity contribution in [2.75, 3.05) is 26.2 Å². The second-order valence-corrected chi connectivity index (χ2v) is 6.11. The lowest BCUT2D eigenvalue weighted by atomic mass is 10.0. The van der Waals surface area contributed by atoms with Crippen LogP contribution in [-0.2, 0) is 0 Å². The molecular formula is C18H30N2O. The third-order valence-corrected chi connectivity index (χ3v) is 4.39. The molecule has 3 nitrogen and oxygen atoms in total. The van der Waals surface area contributed by atoms with E-state index in [2.05, 4.69) is 36.9 Å². The van der Waals surface area contributed by atoms with Gasteiger partial charge in [0.05, 0.1) is 6.61 Å². The molecule has 0 aromatic heterocycles. The predicted octanol–water partition coefficient (Wildman–Crippen LogP) is 3.60. The third-order valence-electron chi connectivity index (χ3n) is 4.39. The second-order valence-electron chi connectivity index (χ2n) is 6.11. The molecular weight excluding hydrogens is 260 g/mol. The first-order valence-electron chi connectivity index (χ1n) is 8.45. The molecule has 1 aromatic rings. The van der Waals surface area contributed by atoms with Crippen LogP contribution in [0.4, 0.5) is 0 Å². The first-order chi connectivity index (χ1) is 10.3. The smallest absolute Gasteiger partial charge is 0.119 e. The van der Waals surface area contributed by atoms with E-state index >= 15 is 0 Å².